The minimum absolute atomic E-state index is 0.0220. The van der Waals surface area contributed by atoms with Crippen LogP contribution in [0.3, 0.4) is 0 Å². The van der Waals surface area contributed by atoms with Gasteiger partial charge in [0.1, 0.15) is 0 Å². The number of hydrogen-bond donors (Lipinski definition) is 2. The van der Waals surface area contributed by atoms with Crippen molar-refractivity contribution in [2.45, 2.75) is 38.5 Å². The summed E-state index contributed by atoms with van der Waals surface area (Å²) in [5, 5.41) is 6.25. The van der Waals surface area contributed by atoms with Crippen LogP contribution in [0.15, 0.2) is 48.5 Å². The second-order valence-electron chi connectivity index (χ2n) is 9.48. The van der Waals surface area contributed by atoms with E-state index < -0.39 is 0 Å². The Morgan fingerprint density at radius 2 is 1.03 bits per heavy atom. The molecule has 2 aliphatic rings. The first-order valence-corrected chi connectivity index (χ1v) is 19.3. The zero-order valence-electron chi connectivity index (χ0n) is 21.0. The third-order valence-corrected chi connectivity index (χ3v) is 14.0. The number of rotatable bonds is 13. The van der Waals surface area contributed by atoms with Gasteiger partial charge in [0.25, 0.3) is 0 Å². The molecular weight excluding hydrogens is 582 g/mol. The molecule has 2 fully saturated rings. The van der Waals surface area contributed by atoms with Crippen LogP contribution < -0.4 is 19.6 Å². The summed E-state index contributed by atoms with van der Waals surface area (Å²) in [6.07, 6.45) is 7.17. The van der Waals surface area contributed by atoms with Crippen molar-refractivity contribution in [2.24, 2.45) is 0 Å². The Balaban J connectivity index is 1.26. The van der Waals surface area contributed by atoms with Crippen LogP contribution in [-0.4, -0.2) is 100 Å². The standard InChI is InChI=1S/C28H38N4O2Se2/c33-27(29-15-9-21-31-17-5-6-18-31)23-11-1-3-13-25(23)35-36-26-14-4-2-12-24(26)28(34)30-16-10-22-32-19-7-8-20-32/h1-4,11-14H,5-10,15-22H2,(H,29,33)(H,30,34). The SMILES string of the molecule is O=C(NCCCN1CCCC1)c1ccccc1[Se][Se]c1ccccc1C(=O)NCCCN1CCCC1. The van der Waals surface area contributed by atoms with E-state index in [0.29, 0.717) is 13.1 Å². The van der Waals surface area contributed by atoms with Crippen molar-refractivity contribution in [3.05, 3.63) is 59.7 Å². The molecule has 2 aliphatic heterocycles. The summed E-state index contributed by atoms with van der Waals surface area (Å²) in [6.45, 7) is 8.32. The number of amides is 2. The summed E-state index contributed by atoms with van der Waals surface area (Å²) >= 11 is 0.227. The Kier molecular flexibility index (Phi) is 11.3. The first-order chi connectivity index (χ1) is 17.7. The van der Waals surface area contributed by atoms with E-state index in [0.717, 1.165) is 46.0 Å². The number of carbonyl (C=O) groups is 2. The van der Waals surface area contributed by atoms with Crippen LogP contribution in [0.25, 0.3) is 0 Å². The van der Waals surface area contributed by atoms with E-state index in [9.17, 15) is 9.59 Å². The van der Waals surface area contributed by atoms with Gasteiger partial charge in [-0.1, -0.05) is 0 Å². The van der Waals surface area contributed by atoms with Crippen molar-refractivity contribution in [3.8, 4) is 0 Å². The molecule has 2 amide bonds. The molecule has 2 heterocycles. The van der Waals surface area contributed by atoms with Crippen molar-refractivity contribution in [1.82, 2.24) is 20.4 Å². The summed E-state index contributed by atoms with van der Waals surface area (Å²) in [7, 11) is 0. The molecule has 2 aromatic carbocycles. The molecule has 0 aromatic heterocycles. The number of likely N-dealkylation sites (tertiary alicyclic amines) is 2. The van der Waals surface area contributed by atoms with Gasteiger partial charge in [-0.05, 0) is 0 Å². The van der Waals surface area contributed by atoms with Crippen LogP contribution >= 0.6 is 0 Å². The van der Waals surface area contributed by atoms with Gasteiger partial charge >= 0.3 is 228 Å². The Hall–Kier alpha value is -1.66. The van der Waals surface area contributed by atoms with Crippen molar-refractivity contribution in [2.75, 3.05) is 52.4 Å². The number of nitrogens with one attached hydrogen (secondary N) is 2. The van der Waals surface area contributed by atoms with Crippen molar-refractivity contribution in [3.63, 3.8) is 0 Å². The normalized spacial score (nSPS) is 16.3. The Bertz CT molecular complexity index is 912. The van der Waals surface area contributed by atoms with Gasteiger partial charge in [-0.15, -0.1) is 0 Å². The molecule has 194 valence electrons. The molecule has 4 rings (SSSR count). The molecular formula is C28H38N4O2Se2. The second-order valence-corrected chi connectivity index (χ2v) is 15.7. The number of hydrogen-bond acceptors (Lipinski definition) is 4. The molecule has 6 nitrogen and oxygen atoms in total. The molecule has 36 heavy (non-hydrogen) atoms. The second kappa shape index (κ2) is 14.9. The summed E-state index contributed by atoms with van der Waals surface area (Å²) in [6, 6.07) is 15.9. The molecule has 0 saturated carbocycles. The van der Waals surface area contributed by atoms with Gasteiger partial charge in [-0.3, -0.25) is 0 Å². The van der Waals surface area contributed by atoms with Crippen molar-refractivity contribution in [1.29, 1.82) is 0 Å². The average molecular weight is 621 g/mol. The van der Waals surface area contributed by atoms with Crippen LogP contribution in [0.4, 0.5) is 0 Å². The quantitative estimate of drug-likeness (QED) is 0.263. The topological polar surface area (TPSA) is 64.7 Å². The zero-order valence-corrected chi connectivity index (χ0v) is 24.5. The molecule has 2 N–H and O–H groups in total. The van der Waals surface area contributed by atoms with E-state index in [1.165, 1.54) is 51.9 Å². The van der Waals surface area contributed by atoms with Gasteiger partial charge in [-0.25, -0.2) is 0 Å². The molecule has 0 bridgehead atoms. The number of carbonyl (C=O) groups excluding carboxylic acids is 2. The summed E-state index contributed by atoms with van der Waals surface area (Å²) < 4.78 is 2.23. The third-order valence-electron chi connectivity index (χ3n) is 6.76. The summed E-state index contributed by atoms with van der Waals surface area (Å²) in [5.41, 5.74) is 1.56. The fraction of sp³-hybridized carbons (Fsp3) is 0.500. The summed E-state index contributed by atoms with van der Waals surface area (Å²) in [5.74, 6) is 0.0439. The van der Waals surface area contributed by atoms with E-state index in [1.54, 1.807) is 0 Å². The first-order valence-electron chi connectivity index (χ1n) is 13.2. The fourth-order valence-electron chi connectivity index (χ4n) is 4.76. The molecule has 0 aliphatic carbocycles. The van der Waals surface area contributed by atoms with E-state index >= 15 is 0 Å². The maximum absolute atomic E-state index is 12.9. The Morgan fingerprint density at radius 3 is 1.44 bits per heavy atom. The monoisotopic (exact) mass is 622 g/mol. The van der Waals surface area contributed by atoms with Gasteiger partial charge in [-0.2, -0.15) is 0 Å². The van der Waals surface area contributed by atoms with Gasteiger partial charge in [0.2, 0.25) is 0 Å². The van der Waals surface area contributed by atoms with Gasteiger partial charge < -0.3 is 0 Å². The molecule has 2 aromatic rings. The van der Waals surface area contributed by atoms with Gasteiger partial charge in [0.05, 0.1) is 0 Å². The van der Waals surface area contributed by atoms with Gasteiger partial charge in [0, 0.05) is 0 Å². The Morgan fingerprint density at radius 1 is 0.639 bits per heavy atom. The van der Waals surface area contributed by atoms with Crippen LogP contribution in [-0.2, 0) is 0 Å². The average Bonchev–Trinajstić information content (AvgIpc) is 3.63. The predicted molar refractivity (Wildman–Crippen MR) is 149 cm³/mol. The number of benzene rings is 2. The predicted octanol–water partition coefficient (Wildman–Crippen LogP) is 1.39. The van der Waals surface area contributed by atoms with E-state index in [2.05, 4.69) is 32.6 Å². The molecule has 0 spiro atoms. The number of nitrogens with zero attached hydrogens (tertiary/aromatic N) is 2. The Labute approximate surface area is 226 Å². The maximum atomic E-state index is 12.9. The van der Waals surface area contributed by atoms with Crippen molar-refractivity contribution < 1.29 is 9.59 Å². The molecule has 0 radical (unpaired) electrons. The molecule has 0 atom stereocenters. The van der Waals surface area contributed by atoms with Crippen LogP contribution in [0, 0.1) is 0 Å². The fourth-order valence-corrected chi connectivity index (χ4v) is 11.9. The zero-order chi connectivity index (χ0) is 25.0. The van der Waals surface area contributed by atoms with Crippen LogP contribution in [0.2, 0.25) is 0 Å². The van der Waals surface area contributed by atoms with Crippen molar-refractivity contribution >= 4 is 47.0 Å². The molecule has 2 saturated heterocycles. The van der Waals surface area contributed by atoms with Crippen LogP contribution in [0.5, 0.6) is 0 Å². The third kappa shape index (κ3) is 8.44. The van der Waals surface area contributed by atoms with Gasteiger partial charge in [0.15, 0.2) is 0 Å². The van der Waals surface area contributed by atoms with E-state index in [4.69, 9.17) is 0 Å². The molecule has 0 unspecified atom stereocenters. The van der Waals surface area contributed by atoms with Crippen LogP contribution in [0.1, 0.15) is 59.2 Å². The summed E-state index contributed by atoms with van der Waals surface area (Å²) in [4.78, 5) is 30.8. The van der Waals surface area contributed by atoms with E-state index in [1.807, 2.05) is 36.4 Å². The minimum atomic E-state index is 0.0220. The first kappa shape index (κ1) is 27.4. The van der Waals surface area contributed by atoms with E-state index in [-0.39, 0.29) is 38.1 Å². The molecule has 8 heteroatoms.